The Morgan fingerprint density at radius 1 is 0.822 bits per heavy atom. The Hall–Kier alpha value is -5.56. The summed E-state index contributed by atoms with van der Waals surface area (Å²) in [6.07, 6.45) is 1.82. The SMILES string of the molecule is COc1ccc(CC(=O)N/N=C\C23c4ccccc4C(c4ccccc42)[C@H]2C(=O)N(c4cccc5ccccc45)C(=O)[C@@H]23)cc1. The standard InChI is InChI=1S/C38H29N3O4/c1-45-25-19-17-23(18-20-25)21-32(42)40-39-22-38-29-14-6-4-12-27(29)33(28-13-5-7-15-30(28)38)34-35(38)37(44)41(36(34)43)31-16-8-10-24-9-2-3-11-26(24)31/h2-20,22,33-35H,21H2,1H3,(H,40,42)/b39-22-/t33?,34-,35-,38?/m1/s1. The van der Waals surface area contributed by atoms with Gasteiger partial charge in [-0.2, -0.15) is 5.10 Å². The zero-order chi connectivity index (χ0) is 30.7. The van der Waals surface area contributed by atoms with Crippen molar-refractivity contribution in [2.45, 2.75) is 17.8 Å². The molecule has 0 spiro atoms. The molecule has 220 valence electrons. The number of ether oxygens (including phenoxy) is 1. The van der Waals surface area contributed by atoms with Gasteiger partial charge < -0.3 is 4.74 Å². The summed E-state index contributed by atoms with van der Waals surface area (Å²) in [6, 6.07) is 36.8. The highest BCUT2D eigenvalue weighted by Gasteiger charge is 2.68. The number of fused-ring (bicyclic) bond motifs is 1. The van der Waals surface area contributed by atoms with Crippen molar-refractivity contribution >= 4 is 40.4 Å². The summed E-state index contributed by atoms with van der Waals surface area (Å²) in [6.45, 7) is 0. The van der Waals surface area contributed by atoms with Crippen molar-refractivity contribution in [3.05, 3.63) is 143 Å². The Bertz CT molecular complexity index is 2000. The van der Waals surface area contributed by atoms with Crippen molar-refractivity contribution in [2.75, 3.05) is 12.0 Å². The number of carbonyl (C=O) groups excluding carboxylic acids is 3. The first kappa shape index (κ1) is 27.0. The minimum Gasteiger partial charge on any atom is -0.497 e. The van der Waals surface area contributed by atoms with Crippen LogP contribution in [0.3, 0.4) is 0 Å². The van der Waals surface area contributed by atoms with E-state index in [9.17, 15) is 14.4 Å². The van der Waals surface area contributed by atoms with E-state index in [1.807, 2.05) is 103 Å². The summed E-state index contributed by atoms with van der Waals surface area (Å²) in [5.41, 5.74) is 6.94. The molecule has 1 fully saturated rings. The maximum Gasteiger partial charge on any atom is 0.244 e. The highest BCUT2D eigenvalue weighted by atomic mass is 16.5. The molecule has 0 aromatic heterocycles. The number of benzene rings is 5. The average molecular weight is 592 g/mol. The van der Waals surface area contributed by atoms with Gasteiger partial charge in [-0.05, 0) is 51.4 Å². The molecular formula is C38H29N3O4. The van der Waals surface area contributed by atoms with Crippen LogP contribution < -0.4 is 15.1 Å². The second kappa shape index (κ2) is 10.3. The second-order valence-electron chi connectivity index (χ2n) is 11.9. The van der Waals surface area contributed by atoms with E-state index in [1.54, 1.807) is 13.3 Å². The lowest BCUT2D eigenvalue weighted by molar-refractivity contribution is -0.123. The van der Waals surface area contributed by atoms with Gasteiger partial charge in [0.2, 0.25) is 17.7 Å². The predicted molar refractivity (Wildman–Crippen MR) is 172 cm³/mol. The Morgan fingerprint density at radius 3 is 2.18 bits per heavy atom. The number of hydrogen-bond donors (Lipinski definition) is 1. The third-order valence-electron chi connectivity index (χ3n) is 9.67. The van der Waals surface area contributed by atoms with Crippen molar-refractivity contribution < 1.29 is 19.1 Å². The number of imide groups is 1. The van der Waals surface area contributed by atoms with Crippen molar-refractivity contribution in [1.29, 1.82) is 0 Å². The van der Waals surface area contributed by atoms with E-state index in [0.717, 1.165) is 38.6 Å². The van der Waals surface area contributed by atoms with Crippen LogP contribution in [-0.2, 0) is 26.2 Å². The lowest BCUT2D eigenvalue weighted by Gasteiger charge is -2.52. The summed E-state index contributed by atoms with van der Waals surface area (Å²) in [4.78, 5) is 43.7. The molecule has 5 aromatic rings. The number of amides is 3. The van der Waals surface area contributed by atoms with Gasteiger partial charge in [0.15, 0.2) is 0 Å². The number of hydrogen-bond acceptors (Lipinski definition) is 5. The molecule has 2 atom stereocenters. The number of nitrogens with zero attached hydrogens (tertiary/aromatic N) is 2. The molecule has 7 heteroatoms. The maximum absolute atomic E-state index is 14.7. The zero-order valence-corrected chi connectivity index (χ0v) is 24.5. The monoisotopic (exact) mass is 591 g/mol. The van der Waals surface area contributed by atoms with E-state index in [2.05, 4.69) is 22.7 Å². The molecule has 0 saturated carbocycles. The molecule has 4 aliphatic rings. The quantitative estimate of drug-likeness (QED) is 0.155. The van der Waals surface area contributed by atoms with Crippen LogP contribution in [0.2, 0.25) is 0 Å². The Balaban J connectivity index is 1.24. The normalized spacial score (nSPS) is 22.8. The smallest absolute Gasteiger partial charge is 0.244 e. The topological polar surface area (TPSA) is 88.1 Å². The van der Waals surface area contributed by atoms with Crippen LogP contribution in [0.25, 0.3) is 10.8 Å². The molecule has 1 aliphatic heterocycles. The molecular weight excluding hydrogens is 562 g/mol. The fourth-order valence-corrected chi connectivity index (χ4v) is 7.86. The van der Waals surface area contributed by atoms with Crippen LogP contribution in [0.1, 0.15) is 33.7 Å². The van der Waals surface area contributed by atoms with Gasteiger partial charge in [0.25, 0.3) is 0 Å². The molecule has 2 bridgehead atoms. The van der Waals surface area contributed by atoms with Crippen molar-refractivity contribution in [1.82, 2.24) is 5.43 Å². The first-order valence-electron chi connectivity index (χ1n) is 15.0. The lowest BCUT2D eigenvalue weighted by atomic mass is 9.47. The van der Waals surface area contributed by atoms with E-state index < -0.39 is 17.3 Å². The molecule has 3 amide bonds. The average Bonchev–Trinajstić information content (AvgIpc) is 3.35. The highest BCUT2D eigenvalue weighted by molar-refractivity contribution is 6.27. The Labute approximate surface area is 260 Å². The third kappa shape index (κ3) is 3.90. The van der Waals surface area contributed by atoms with Crippen LogP contribution in [0.5, 0.6) is 5.75 Å². The number of nitrogens with one attached hydrogen (secondary N) is 1. The van der Waals surface area contributed by atoms with Gasteiger partial charge in [-0.3, -0.25) is 14.4 Å². The highest BCUT2D eigenvalue weighted by Crippen LogP contribution is 2.63. The summed E-state index contributed by atoms with van der Waals surface area (Å²) >= 11 is 0. The summed E-state index contributed by atoms with van der Waals surface area (Å²) in [5, 5.41) is 6.32. The van der Waals surface area contributed by atoms with Crippen molar-refractivity contribution in [3.63, 3.8) is 0 Å². The summed E-state index contributed by atoms with van der Waals surface area (Å²) in [5.74, 6) is -1.68. The molecule has 0 radical (unpaired) electrons. The van der Waals surface area contributed by atoms with E-state index in [4.69, 9.17) is 4.74 Å². The van der Waals surface area contributed by atoms with Gasteiger partial charge in [0, 0.05) is 17.5 Å². The lowest BCUT2D eigenvalue weighted by Crippen LogP contribution is -2.54. The number of anilines is 1. The van der Waals surface area contributed by atoms with Gasteiger partial charge in [0.05, 0.1) is 36.5 Å². The predicted octanol–water partition coefficient (Wildman–Crippen LogP) is 5.74. The van der Waals surface area contributed by atoms with Gasteiger partial charge >= 0.3 is 0 Å². The number of hydrazone groups is 1. The largest absolute Gasteiger partial charge is 0.497 e. The Morgan fingerprint density at radius 2 is 1.47 bits per heavy atom. The van der Waals surface area contributed by atoms with Gasteiger partial charge in [-0.1, -0.05) is 97.1 Å². The van der Waals surface area contributed by atoms with Crippen molar-refractivity contribution in [3.8, 4) is 5.75 Å². The number of methoxy groups -OCH3 is 1. The first-order chi connectivity index (χ1) is 22.0. The number of rotatable bonds is 6. The van der Waals surface area contributed by atoms with Crippen LogP contribution >= 0.6 is 0 Å². The van der Waals surface area contributed by atoms with E-state index in [1.165, 1.54) is 4.90 Å². The van der Waals surface area contributed by atoms with Gasteiger partial charge in [-0.25, -0.2) is 10.3 Å². The molecule has 1 N–H and O–H groups in total. The minimum atomic E-state index is -1.06. The fraction of sp³-hybridized carbons (Fsp3) is 0.158. The summed E-state index contributed by atoms with van der Waals surface area (Å²) in [7, 11) is 1.60. The van der Waals surface area contributed by atoms with Crippen LogP contribution in [0.4, 0.5) is 5.69 Å². The van der Waals surface area contributed by atoms with E-state index in [-0.39, 0.29) is 30.1 Å². The molecule has 7 nitrogen and oxygen atoms in total. The second-order valence-corrected chi connectivity index (χ2v) is 11.9. The molecule has 5 aromatic carbocycles. The minimum absolute atomic E-state index is 0.127. The molecule has 3 aliphatic carbocycles. The number of carbonyl (C=O) groups is 3. The third-order valence-corrected chi connectivity index (χ3v) is 9.67. The summed E-state index contributed by atoms with van der Waals surface area (Å²) < 4.78 is 5.22. The first-order valence-corrected chi connectivity index (χ1v) is 15.0. The van der Waals surface area contributed by atoms with Crippen LogP contribution in [0.15, 0.2) is 120 Å². The molecule has 9 rings (SSSR count). The van der Waals surface area contributed by atoms with Gasteiger partial charge in [0.1, 0.15) is 5.75 Å². The van der Waals surface area contributed by atoms with E-state index >= 15 is 0 Å². The van der Waals surface area contributed by atoms with Crippen LogP contribution in [-0.4, -0.2) is 31.0 Å². The van der Waals surface area contributed by atoms with Gasteiger partial charge in [-0.15, -0.1) is 0 Å². The van der Waals surface area contributed by atoms with Crippen molar-refractivity contribution in [2.24, 2.45) is 16.9 Å². The fourth-order valence-electron chi connectivity index (χ4n) is 7.86. The van der Waals surface area contributed by atoms with E-state index in [0.29, 0.717) is 11.4 Å². The molecule has 0 unspecified atom stereocenters. The maximum atomic E-state index is 14.7. The Kier molecular flexibility index (Phi) is 6.17. The van der Waals surface area contributed by atoms with Crippen LogP contribution in [0, 0.1) is 11.8 Å². The molecule has 1 heterocycles. The zero-order valence-electron chi connectivity index (χ0n) is 24.5. The molecule has 1 saturated heterocycles. The molecule has 45 heavy (non-hydrogen) atoms.